The van der Waals surface area contributed by atoms with Crippen LogP contribution in [0.15, 0.2) is 36.7 Å². The number of halogens is 2. The van der Waals surface area contributed by atoms with E-state index in [1.54, 1.807) is 18.2 Å². The highest BCUT2D eigenvalue weighted by molar-refractivity contribution is 5.94. The largest absolute Gasteiger partial charge is 0.336 e. The van der Waals surface area contributed by atoms with Gasteiger partial charge in [0.2, 0.25) is 5.95 Å². The average molecular weight is 579 g/mol. The van der Waals surface area contributed by atoms with Gasteiger partial charge in [0, 0.05) is 49.4 Å². The van der Waals surface area contributed by atoms with E-state index in [9.17, 15) is 9.18 Å². The van der Waals surface area contributed by atoms with Crippen molar-refractivity contribution in [1.82, 2.24) is 34.3 Å². The molecule has 6 rings (SSSR count). The maximum atomic E-state index is 15.1. The summed E-state index contributed by atoms with van der Waals surface area (Å²) in [6.45, 7) is 12.4. The quantitative estimate of drug-likeness (QED) is 0.316. The van der Waals surface area contributed by atoms with Crippen LogP contribution in [-0.4, -0.2) is 72.9 Å². The third kappa shape index (κ3) is 5.70. The summed E-state index contributed by atoms with van der Waals surface area (Å²) in [7, 11) is 2.05. The van der Waals surface area contributed by atoms with E-state index < -0.39 is 11.6 Å². The van der Waals surface area contributed by atoms with Gasteiger partial charge in [0.25, 0.3) is 5.91 Å². The van der Waals surface area contributed by atoms with Crippen molar-refractivity contribution in [2.45, 2.75) is 66.5 Å². The number of rotatable bonds is 4. The van der Waals surface area contributed by atoms with Gasteiger partial charge < -0.3 is 19.7 Å². The fourth-order valence-electron chi connectivity index (χ4n) is 5.45. The van der Waals surface area contributed by atoms with Gasteiger partial charge in [-0.2, -0.15) is 0 Å². The summed E-state index contributed by atoms with van der Waals surface area (Å²) >= 11 is 0. The minimum atomic E-state index is -0.671. The number of carbonyl (C=O) groups is 1. The van der Waals surface area contributed by atoms with Crippen molar-refractivity contribution in [1.29, 1.82) is 0 Å². The second kappa shape index (κ2) is 12.1. The highest BCUT2D eigenvalue weighted by atomic mass is 19.1. The van der Waals surface area contributed by atoms with E-state index in [1.807, 2.05) is 23.3 Å². The first-order chi connectivity index (χ1) is 19.6. The van der Waals surface area contributed by atoms with E-state index in [-0.39, 0.29) is 42.1 Å². The monoisotopic (exact) mass is 578 g/mol. The van der Waals surface area contributed by atoms with Gasteiger partial charge in [-0.3, -0.25) is 4.79 Å². The zero-order valence-corrected chi connectivity index (χ0v) is 24.4. The van der Waals surface area contributed by atoms with Crippen molar-refractivity contribution in [3.63, 3.8) is 0 Å². The molecule has 0 bridgehead atoms. The van der Waals surface area contributed by atoms with Gasteiger partial charge in [0.1, 0.15) is 22.9 Å². The average Bonchev–Trinajstić information content (AvgIpc) is 3.50. The van der Waals surface area contributed by atoms with Crippen LogP contribution in [0.3, 0.4) is 0 Å². The molecule has 1 aromatic carbocycles. The van der Waals surface area contributed by atoms with Gasteiger partial charge in [-0.1, -0.05) is 21.3 Å². The number of hydrogen-bond donors (Lipinski definition) is 1. The lowest BCUT2D eigenvalue weighted by atomic mass is 10.0. The van der Waals surface area contributed by atoms with Crippen molar-refractivity contribution in [3.8, 4) is 11.3 Å². The number of likely N-dealkylation sites (N-methyl/N-ethyl adjacent to an activating group) is 1. The SMILES string of the molecule is C.CC.CC1CN(C(=O)c2ccc(Nc3ncc(F)c(-c4cc(F)c5nc6n(c5c4)C(C)(C)CC6)n3)nc2)CCN1C. The maximum absolute atomic E-state index is 15.1. The van der Waals surface area contributed by atoms with E-state index >= 15 is 4.39 Å². The number of nitrogens with zero attached hydrogens (tertiary/aromatic N) is 7. The van der Waals surface area contributed by atoms with Gasteiger partial charge in [-0.15, -0.1) is 0 Å². The molecular formula is C31H40F2N8O. The Morgan fingerprint density at radius 2 is 1.81 bits per heavy atom. The number of amides is 1. The molecule has 42 heavy (non-hydrogen) atoms. The topological polar surface area (TPSA) is 92.1 Å². The zero-order valence-electron chi connectivity index (χ0n) is 24.4. The molecule has 2 aliphatic heterocycles. The van der Waals surface area contributed by atoms with Crippen LogP contribution < -0.4 is 5.32 Å². The van der Waals surface area contributed by atoms with Gasteiger partial charge in [0.05, 0.1) is 17.3 Å². The minimum Gasteiger partial charge on any atom is -0.336 e. The Balaban J connectivity index is 0.00000132. The summed E-state index contributed by atoms with van der Waals surface area (Å²) in [5, 5.41) is 2.96. The number of imidazole rings is 1. The molecule has 1 fully saturated rings. The number of hydrogen-bond acceptors (Lipinski definition) is 7. The molecule has 3 aromatic heterocycles. The minimum absolute atomic E-state index is 0. The van der Waals surface area contributed by atoms with Crippen molar-refractivity contribution >= 4 is 28.7 Å². The molecule has 1 unspecified atom stereocenters. The predicted octanol–water partition coefficient (Wildman–Crippen LogP) is 6.03. The molecule has 9 nitrogen and oxygen atoms in total. The summed E-state index contributed by atoms with van der Waals surface area (Å²) in [6.07, 6.45) is 4.21. The number of piperazine rings is 1. The lowest BCUT2D eigenvalue weighted by Crippen LogP contribution is -2.52. The van der Waals surface area contributed by atoms with Crippen LogP contribution in [0.4, 0.5) is 20.5 Å². The first kappa shape index (κ1) is 31.0. The lowest BCUT2D eigenvalue weighted by molar-refractivity contribution is 0.0572. The first-order valence-electron chi connectivity index (χ1n) is 14.1. The van der Waals surface area contributed by atoms with E-state index in [0.29, 0.717) is 35.6 Å². The number of aryl methyl sites for hydroxylation is 1. The van der Waals surface area contributed by atoms with Gasteiger partial charge in [0.15, 0.2) is 11.6 Å². The number of fused-ring (bicyclic) bond motifs is 3. The third-order valence-corrected chi connectivity index (χ3v) is 7.86. The van der Waals surface area contributed by atoms with Crippen molar-refractivity contribution in [3.05, 3.63) is 59.7 Å². The van der Waals surface area contributed by atoms with Crippen molar-refractivity contribution in [2.24, 2.45) is 0 Å². The molecule has 1 N–H and O–H groups in total. The summed E-state index contributed by atoms with van der Waals surface area (Å²) in [5.74, 6) is 0.0606. The van der Waals surface area contributed by atoms with Crippen LogP contribution in [0, 0.1) is 11.6 Å². The van der Waals surface area contributed by atoms with Crippen molar-refractivity contribution < 1.29 is 13.6 Å². The number of benzene rings is 1. The zero-order chi connectivity index (χ0) is 29.5. The van der Waals surface area contributed by atoms with Crippen LogP contribution >= 0.6 is 0 Å². The molecule has 11 heteroatoms. The number of nitrogens with one attached hydrogen (secondary N) is 1. The number of aromatic nitrogens is 5. The molecule has 1 atom stereocenters. The maximum Gasteiger partial charge on any atom is 0.255 e. The molecular weight excluding hydrogens is 538 g/mol. The van der Waals surface area contributed by atoms with Crippen LogP contribution in [0.2, 0.25) is 0 Å². The molecule has 2 aliphatic rings. The number of anilines is 2. The molecule has 4 aromatic rings. The number of carbonyl (C=O) groups excluding carboxylic acids is 1. The fourth-order valence-corrected chi connectivity index (χ4v) is 5.45. The number of pyridine rings is 1. The Hall–Kier alpha value is -3.99. The molecule has 0 aliphatic carbocycles. The smallest absolute Gasteiger partial charge is 0.255 e. The predicted molar refractivity (Wildman–Crippen MR) is 162 cm³/mol. The highest BCUT2D eigenvalue weighted by Crippen LogP contribution is 2.38. The van der Waals surface area contributed by atoms with Crippen LogP contribution in [0.1, 0.15) is 64.6 Å². The summed E-state index contributed by atoms with van der Waals surface area (Å²) in [4.78, 5) is 34.2. The Kier molecular flexibility index (Phi) is 8.91. The van der Waals surface area contributed by atoms with E-state index in [1.165, 1.54) is 12.3 Å². The fraction of sp³-hybridized carbons (Fsp3) is 0.452. The molecule has 224 valence electrons. The molecule has 0 saturated carbocycles. The second-order valence-electron chi connectivity index (χ2n) is 11.0. The van der Waals surface area contributed by atoms with Crippen molar-refractivity contribution in [2.75, 3.05) is 32.0 Å². The Bertz CT molecular complexity index is 1580. The van der Waals surface area contributed by atoms with E-state index in [4.69, 9.17) is 0 Å². The molecule has 0 spiro atoms. The normalized spacial score (nSPS) is 17.7. The molecule has 1 saturated heterocycles. The van der Waals surface area contributed by atoms with Crippen LogP contribution in [0.5, 0.6) is 0 Å². The molecule has 1 amide bonds. The first-order valence-corrected chi connectivity index (χ1v) is 14.1. The Morgan fingerprint density at radius 3 is 2.50 bits per heavy atom. The third-order valence-electron chi connectivity index (χ3n) is 7.86. The van der Waals surface area contributed by atoms with E-state index in [2.05, 4.69) is 58.0 Å². The van der Waals surface area contributed by atoms with Gasteiger partial charge in [-0.25, -0.2) is 28.7 Å². The Labute approximate surface area is 246 Å². The summed E-state index contributed by atoms with van der Waals surface area (Å²) in [5.41, 5.74) is 1.43. The van der Waals surface area contributed by atoms with Gasteiger partial charge in [-0.05, 0) is 58.5 Å². The standard InChI is InChI=1S/C28H30F2N8O.C2H6.CH4/c1-16-15-37(10-9-36(16)4)26(39)17-5-6-22(31-13-17)33-27-32-14-20(30)24(35-27)18-11-19(29)25-21(12-18)38-23(34-25)7-8-28(38,2)3;1-2;/h5-6,11-14,16H,7-10,15H2,1-4H3,(H,31,32,33,35);1-2H3;1H4. The van der Waals surface area contributed by atoms with E-state index in [0.717, 1.165) is 31.4 Å². The molecule has 0 radical (unpaired) electrons. The summed E-state index contributed by atoms with van der Waals surface area (Å²) in [6, 6.07) is 6.62. The lowest BCUT2D eigenvalue weighted by Gasteiger charge is -2.37. The Morgan fingerprint density at radius 1 is 1.05 bits per heavy atom. The summed E-state index contributed by atoms with van der Waals surface area (Å²) < 4.78 is 32.0. The second-order valence-corrected chi connectivity index (χ2v) is 11.0. The van der Waals surface area contributed by atoms with Crippen LogP contribution in [-0.2, 0) is 12.0 Å². The molecule has 5 heterocycles. The highest BCUT2D eigenvalue weighted by Gasteiger charge is 2.33. The van der Waals surface area contributed by atoms with Gasteiger partial charge >= 0.3 is 0 Å². The van der Waals surface area contributed by atoms with Crippen LogP contribution in [0.25, 0.3) is 22.3 Å².